The molecule has 1 heterocycles. The predicted molar refractivity (Wildman–Crippen MR) is 69.9 cm³/mol. The number of nitrogens with one attached hydrogen (secondary N) is 2. The SMILES string of the molecule is O=C([O-])CC1Nc2cc(C(=O)O)ccc2CNC1=S. The maximum atomic E-state index is 10.9. The van der Waals surface area contributed by atoms with Gasteiger partial charge in [-0.1, -0.05) is 18.3 Å². The first-order chi connectivity index (χ1) is 8.97. The summed E-state index contributed by atoms with van der Waals surface area (Å²) in [7, 11) is 0. The van der Waals surface area contributed by atoms with Gasteiger partial charge in [-0.25, -0.2) is 4.79 Å². The lowest BCUT2D eigenvalue weighted by Crippen LogP contribution is -2.40. The van der Waals surface area contributed by atoms with E-state index < -0.39 is 18.0 Å². The van der Waals surface area contributed by atoms with Crippen LogP contribution in [0.2, 0.25) is 0 Å². The molecule has 1 aliphatic rings. The van der Waals surface area contributed by atoms with Gasteiger partial charge in [0.25, 0.3) is 0 Å². The van der Waals surface area contributed by atoms with Gasteiger partial charge in [0.15, 0.2) is 0 Å². The first-order valence-electron chi connectivity index (χ1n) is 5.57. The Morgan fingerprint density at radius 3 is 2.84 bits per heavy atom. The highest BCUT2D eigenvalue weighted by Gasteiger charge is 2.21. The molecule has 1 aliphatic heterocycles. The molecule has 100 valence electrons. The molecule has 0 aromatic heterocycles. The van der Waals surface area contributed by atoms with Crippen LogP contribution in [0.25, 0.3) is 0 Å². The Kier molecular flexibility index (Phi) is 3.66. The number of carbonyl (C=O) groups excluding carboxylic acids is 1. The number of fused-ring (bicyclic) bond motifs is 1. The molecule has 0 saturated carbocycles. The maximum Gasteiger partial charge on any atom is 0.335 e. The van der Waals surface area contributed by atoms with Crippen LogP contribution < -0.4 is 15.7 Å². The Balaban J connectivity index is 2.32. The standard InChI is InChI=1S/C12H12N2O4S/c15-10(16)4-9-11(19)13-5-7-2-1-6(12(17)18)3-8(7)14-9/h1-3,9,14H,4-5H2,(H,13,19)(H,15,16)(H,17,18)/p-1. The van der Waals surface area contributed by atoms with Gasteiger partial charge in [-0.15, -0.1) is 0 Å². The second kappa shape index (κ2) is 5.23. The number of aromatic carboxylic acids is 1. The number of carboxylic acid groups (broad SMARTS) is 2. The highest BCUT2D eigenvalue weighted by molar-refractivity contribution is 7.80. The third kappa shape index (κ3) is 3.00. The van der Waals surface area contributed by atoms with E-state index in [1.165, 1.54) is 12.1 Å². The van der Waals surface area contributed by atoms with Crippen molar-refractivity contribution in [1.29, 1.82) is 0 Å². The van der Waals surface area contributed by atoms with Gasteiger partial charge in [0.05, 0.1) is 16.6 Å². The summed E-state index contributed by atoms with van der Waals surface area (Å²) in [5.74, 6) is -2.26. The van der Waals surface area contributed by atoms with E-state index >= 15 is 0 Å². The molecule has 7 heteroatoms. The number of thiocarbonyl (C=S) groups is 1. The first kappa shape index (κ1) is 13.3. The summed E-state index contributed by atoms with van der Waals surface area (Å²) in [5.41, 5.74) is 1.53. The molecule has 0 amide bonds. The smallest absolute Gasteiger partial charge is 0.335 e. The van der Waals surface area contributed by atoms with E-state index in [-0.39, 0.29) is 12.0 Å². The van der Waals surface area contributed by atoms with Crippen LogP contribution >= 0.6 is 12.2 Å². The third-order valence-electron chi connectivity index (χ3n) is 2.83. The fourth-order valence-corrected chi connectivity index (χ4v) is 2.08. The number of aliphatic carboxylic acids is 1. The monoisotopic (exact) mass is 279 g/mol. The summed E-state index contributed by atoms with van der Waals surface area (Å²) >= 11 is 5.08. The Morgan fingerprint density at radius 1 is 1.47 bits per heavy atom. The quantitative estimate of drug-likeness (QED) is 0.655. The zero-order chi connectivity index (χ0) is 14.0. The predicted octanol–water partition coefficient (Wildman–Crippen LogP) is -0.264. The molecule has 1 aromatic carbocycles. The van der Waals surface area contributed by atoms with E-state index in [0.717, 1.165) is 5.56 Å². The molecule has 0 bridgehead atoms. The Hall–Kier alpha value is -2.15. The van der Waals surface area contributed by atoms with Crippen LogP contribution in [0, 0.1) is 0 Å². The van der Waals surface area contributed by atoms with Gasteiger partial charge >= 0.3 is 5.97 Å². The highest BCUT2D eigenvalue weighted by atomic mass is 32.1. The molecule has 0 aliphatic carbocycles. The van der Waals surface area contributed by atoms with Crippen LogP contribution in [0.1, 0.15) is 22.3 Å². The topological polar surface area (TPSA) is 101 Å². The van der Waals surface area contributed by atoms with Gasteiger partial charge in [-0.2, -0.15) is 0 Å². The van der Waals surface area contributed by atoms with Gasteiger partial charge in [0, 0.05) is 24.6 Å². The summed E-state index contributed by atoms with van der Waals surface area (Å²) in [6, 6.07) is 4.02. The van der Waals surface area contributed by atoms with Gasteiger partial charge in [-0.05, 0) is 17.7 Å². The number of carboxylic acids is 2. The number of carbonyl (C=O) groups is 2. The minimum Gasteiger partial charge on any atom is -0.550 e. The fraction of sp³-hybridized carbons (Fsp3) is 0.250. The van der Waals surface area contributed by atoms with Crippen molar-refractivity contribution in [3.8, 4) is 0 Å². The zero-order valence-corrected chi connectivity index (χ0v) is 10.6. The van der Waals surface area contributed by atoms with E-state index in [0.29, 0.717) is 17.2 Å². The minimum atomic E-state index is -1.22. The van der Waals surface area contributed by atoms with Crippen molar-refractivity contribution in [3.05, 3.63) is 29.3 Å². The molecule has 6 nitrogen and oxygen atoms in total. The lowest BCUT2D eigenvalue weighted by atomic mass is 10.1. The summed E-state index contributed by atoms with van der Waals surface area (Å²) in [4.78, 5) is 22.0. The molecule has 1 aromatic rings. The van der Waals surface area contributed by atoms with E-state index in [2.05, 4.69) is 10.6 Å². The largest absolute Gasteiger partial charge is 0.550 e. The Labute approximate surface area is 114 Å². The molecule has 0 fully saturated rings. The molecular weight excluding hydrogens is 268 g/mol. The maximum absolute atomic E-state index is 10.9. The van der Waals surface area contributed by atoms with Crippen LogP contribution in [0.3, 0.4) is 0 Å². The molecule has 0 radical (unpaired) electrons. The second-order valence-corrected chi connectivity index (χ2v) is 4.61. The first-order valence-corrected chi connectivity index (χ1v) is 5.98. The van der Waals surface area contributed by atoms with Gasteiger partial charge < -0.3 is 25.6 Å². The van der Waals surface area contributed by atoms with Crippen molar-refractivity contribution in [2.75, 3.05) is 5.32 Å². The van der Waals surface area contributed by atoms with Crippen molar-refractivity contribution >= 4 is 34.8 Å². The number of hydrogen-bond donors (Lipinski definition) is 3. The minimum absolute atomic E-state index is 0.131. The molecule has 1 atom stereocenters. The van der Waals surface area contributed by atoms with Crippen molar-refractivity contribution in [1.82, 2.24) is 5.32 Å². The van der Waals surface area contributed by atoms with Crippen molar-refractivity contribution in [2.24, 2.45) is 0 Å². The van der Waals surface area contributed by atoms with Crippen LogP contribution in [0.4, 0.5) is 5.69 Å². The van der Waals surface area contributed by atoms with Crippen LogP contribution in [-0.2, 0) is 11.3 Å². The van der Waals surface area contributed by atoms with Gasteiger partial charge in [0.1, 0.15) is 0 Å². The Bertz CT molecular complexity index is 559. The third-order valence-corrected chi connectivity index (χ3v) is 3.26. The molecule has 19 heavy (non-hydrogen) atoms. The average molecular weight is 279 g/mol. The normalized spacial score (nSPS) is 17.7. The molecule has 3 N–H and O–H groups in total. The molecule has 2 rings (SSSR count). The van der Waals surface area contributed by atoms with Crippen molar-refractivity contribution < 1.29 is 19.8 Å². The van der Waals surface area contributed by atoms with Gasteiger partial charge in [-0.3, -0.25) is 0 Å². The number of anilines is 1. The lowest BCUT2D eigenvalue weighted by Gasteiger charge is -2.19. The molecule has 1 unspecified atom stereocenters. The summed E-state index contributed by atoms with van der Waals surface area (Å²) < 4.78 is 0. The van der Waals surface area contributed by atoms with E-state index in [1.807, 2.05) is 0 Å². The van der Waals surface area contributed by atoms with Crippen molar-refractivity contribution in [2.45, 2.75) is 19.0 Å². The Morgan fingerprint density at radius 2 is 2.21 bits per heavy atom. The highest BCUT2D eigenvalue weighted by Crippen LogP contribution is 2.22. The number of benzene rings is 1. The number of hydrogen-bond acceptors (Lipinski definition) is 5. The molecule has 0 spiro atoms. The average Bonchev–Trinajstić information content (AvgIpc) is 2.48. The van der Waals surface area contributed by atoms with Gasteiger partial charge in [0.2, 0.25) is 0 Å². The van der Waals surface area contributed by atoms with Crippen LogP contribution in [-0.4, -0.2) is 28.1 Å². The van der Waals surface area contributed by atoms with E-state index in [4.69, 9.17) is 17.3 Å². The lowest BCUT2D eigenvalue weighted by molar-refractivity contribution is -0.305. The summed E-state index contributed by atoms with van der Waals surface area (Å²) in [5, 5.41) is 25.5. The summed E-state index contributed by atoms with van der Waals surface area (Å²) in [6.07, 6.45) is -0.275. The van der Waals surface area contributed by atoms with Crippen LogP contribution in [0.15, 0.2) is 18.2 Å². The fourth-order valence-electron chi connectivity index (χ4n) is 1.87. The number of rotatable bonds is 3. The van der Waals surface area contributed by atoms with Crippen LogP contribution in [0.5, 0.6) is 0 Å². The zero-order valence-electron chi connectivity index (χ0n) is 9.80. The molecular formula is C12H11N2O4S-. The second-order valence-electron chi connectivity index (χ2n) is 4.17. The van der Waals surface area contributed by atoms with Crippen molar-refractivity contribution in [3.63, 3.8) is 0 Å². The van der Waals surface area contributed by atoms with E-state index in [9.17, 15) is 14.7 Å². The van der Waals surface area contributed by atoms with E-state index in [1.54, 1.807) is 6.07 Å². The molecule has 0 saturated heterocycles. The summed E-state index contributed by atoms with van der Waals surface area (Å²) in [6.45, 7) is 0.421.